The summed E-state index contributed by atoms with van der Waals surface area (Å²) >= 11 is 0. The van der Waals surface area contributed by atoms with Crippen LogP contribution >= 0.6 is 24.0 Å². The van der Waals surface area contributed by atoms with E-state index in [1.54, 1.807) is 19.3 Å². The van der Waals surface area contributed by atoms with E-state index < -0.39 is 0 Å². The van der Waals surface area contributed by atoms with Gasteiger partial charge in [-0.1, -0.05) is 18.2 Å². The van der Waals surface area contributed by atoms with Crippen molar-refractivity contribution in [2.75, 3.05) is 25.0 Å². The number of benzene rings is 1. The van der Waals surface area contributed by atoms with Crippen molar-refractivity contribution in [3.05, 3.63) is 60.2 Å². The van der Waals surface area contributed by atoms with Gasteiger partial charge < -0.3 is 20.5 Å². The van der Waals surface area contributed by atoms with Crippen LogP contribution in [0.1, 0.15) is 12.1 Å². The van der Waals surface area contributed by atoms with Crippen LogP contribution in [0.25, 0.3) is 10.9 Å². The molecular weight excluding hydrogens is 470 g/mol. The van der Waals surface area contributed by atoms with Gasteiger partial charge in [-0.25, -0.2) is 9.37 Å². The number of hydrogen-bond acceptors (Lipinski definition) is 3. The number of para-hydroxylation sites is 1. The molecule has 4 rings (SSSR count). The van der Waals surface area contributed by atoms with Crippen LogP contribution < -0.4 is 15.5 Å². The third kappa shape index (κ3) is 4.54. The number of nitrogens with zero attached hydrogens (tertiary/aromatic N) is 3. The van der Waals surface area contributed by atoms with E-state index in [4.69, 9.17) is 0 Å². The molecule has 1 atom stereocenters. The maximum absolute atomic E-state index is 13.9. The van der Waals surface area contributed by atoms with Crippen molar-refractivity contribution in [3.63, 3.8) is 0 Å². The van der Waals surface area contributed by atoms with Crippen molar-refractivity contribution in [1.82, 2.24) is 20.6 Å². The van der Waals surface area contributed by atoms with Crippen molar-refractivity contribution in [2.45, 2.75) is 19.0 Å². The van der Waals surface area contributed by atoms with Gasteiger partial charge in [0.15, 0.2) is 17.6 Å². The molecule has 1 fully saturated rings. The first-order valence-corrected chi connectivity index (χ1v) is 9.12. The number of guanidine groups is 1. The number of H-pyrrole nitrogens is 1. The highest BCUT2D eigenvalue weighted by atomic mass is 127. The minimum atomic E-state index is -0.278. The summed E-state index contributed by atoms with van der Waals surface area (Å²) in [4.78, 5) is 13.8. The molecule has 1 unspecified atom stereocenters. The molecule has 3 aromatic rings. The number of anilines is 1. The van der Waals surface area contributed by atoms with Crippen LogP contribution in [0.3, 0.4) is 0 Å². The summed E-state index contributed by atoms with van der Waals surface area (Å²) in [6, 6.07) is 13.6. The van der Waals surface area contributed by atoms with Crippen LogP contribution in [0.15, 0.2) is 53.7 Å². The highest BCUT2D eigenvalue weighted by Crippen LogP contribution is 2.20. The maximum Gasteiger partial charge on any atom is 0.191 e. The van der Waals surface area contributed by atoms with Gasteiger partial charge in [-0.2, -0.15) is 0 Å². The third-order valence-electron chi connectivity index (χ3n) is 4.82. The Morgan fingerprint density at radius 2 is 2.18 bits per heavy atom. The lowest BCUT2D eigenvalue weighted by Gasteiger charge is -2.19. The first-order valence-electron chi connectivity index (χ1n) is 9.12. The van der Waals surface area contributed by atoms with E-state index in [0.717, 1.165) is 30.1 Å². The second kappa shape index (κ2) is 9.22. The van der Waals surface area contributed by atoms with Gasteiger partial charge in [-0.3, -0.25) is 4.99 Å². The van der Waals surface area contributed by atoms with E-state index >= 15 is 0 Å². The van der Waals surface area contributed by atoms with Crippen molar-refractivity contribution in [3.8, 4) is 0 Å². The summed E-state index contributed by atoms with van der Waals surface area (Å²) in [5.74, 6) is 0.879. The summed E-state index contributed by atoms with van der Waals surface area (Å²) in [6.45, 7) is 2.12. The maximum atomic E-state index is 13.9. The Morgan fingerprint density at radius 3 is 2.96 bits per heavy atom. The standard InChI is InChI=1S/C20H23FN6.HI/c1-22-20(24-12-16-11-14-5-2-3-7-18(14)25-16)26-15-8-10-27(13-15)19-17(21)6-4-9-23-19;/h2-7,9,11,15,25H,8,10,12-13H2,1H3,(H2,22,24,26);1H. The smallest absolute Gasteiger partial charge is 0.191 e. The summed E-state index contributed by atoms with van der Waals surface area (Å²) in [5.41, 5.74) is 2.23. The summed E-state index contributed by atoms with van der Waals surface area (Å²) in [5, 5.41) is 7.96. The van der Waals surface area contributed by atoms with Crippen molar-refractivity contribution < 1.29 is 4.39 Å². The fraction of sp³-hybridized carbons (Fsp3) is 0.300. The van der Waals surface area contributed by atoms with Crippen LogP contribution in [-0.4, -0.2) is 42.1 Å². The van der Waals surface area contributed by atoms with Crippen LogP contribution in [0.4, 0.5) is 10.2 Å². The Kier molecular flexibility index (Phi) is 6.71. The molecule has 0 spiro atoms. The van der Waals surface area contributed by atoms with E-state index in [0.29, 0.717) is 18.9 Å². The lowest BCUT2D eigenvalue weighted by molar-refractivity contribution is 0.612. The molecule has 0 amide bonds. The number of pyridine rings is 1. The molecule has 28 heavy (non-hydrogen) atoms. The van der Waals surface area contributed by atoms with Crippen molar-refractivity contribution >= 4 is 46.7 Å². The molecule has 3 N–H and O–H groups in total. The van der Waals surface area contributed by atoms with Crippen LogP contribution in [0.5, 0.6) is 0 Å². The van der Waals surface area contributed by atoms with Gasteiger partial charge in [0, 0.05) is 43.6 Å². The summed E-state index contributed by atoms with van der Waals surface area (Å²) < 4.78 is 13.9. The SMILES string of the molecule is CN=C(NCc1cc2ccccc2[nH]1)NC1CCN(c2ncccc2F)C1.I. The number of rotatable bonds is 4. The number of hydrogen-bond donors (Lipinski definition) is 3. The van der Waals surface area contributed by atoms with E-state index in [-0.39, 0.29) is 35.8 Å². The molecule has 1 saturated heterocycles. The monoisotopic (exact) mass is 494 g/mol. The fourth-order valence-corrected chi connectivity index (χ4v) is 3.48. The second-order valence-electron chi connectivity index (χ2n) is 6.69. The molecule has 1 aliphatic heterocycles. The van der Waals surface area contributed by atoms with Crippen LogP contribution in [-0.2, 0) is 6.54 Å². The fourth-order valence-electron chi connectivity index (χ4n) is 3.48. The minimum absolute atomic E-state index is 0. The van der Waals surface area contributed by atoms with E-state index in [9.17, 15) is 4.39 Å². The van der Waals surface area contributed by atoms with Gasteiger partial charge in [0.2, 0.25) is 0 Å². The molecule has 148 valence electrons. The molecular formula is C20H24FIN6. The van der Waals surface area contributed by atoms with E-state index in [2.05, 4.69) is 43.8 Å². The zero-order valence-corrected chi connectivity index (χ0v) is 18.0. The Balaban J connectivity index is 0.00000225. The topological polar surface area (TPSA) is 68.3 Å². The Labute approximate surface area is 180 Å². The van der Waals surface area contributed by atoms with Crippen LogP contribution in [0.2, 0.25) is 0 Å². The molecule has 6 nitrogen and oxygen atoms in total. The minimum Gasteiger partial charge on any atom is -0.357 e. The Hall–Kier alpha value is -2.36. The van der Waals surface area contributed by atoms with Gasteiger partial charge in [0.25, 0.3) is 0 Å². The zero-order chi connectivity index (χ0) is 18.6. The largest absolute Gasteiger partial charge is 0.357 e. The first kappa shape index (κ1) is 20.4. The normalized spacial score (nSPS) is 16.9. The molecule has 0 radical (unpaired) electrons. The average Bonchev–Trinajstić information content (AvgIpc) is 3.32. The van der Waals surface area contributed by atoms with Gasteiger partial charge in [0.05, 0.1) is 6.54 Å². The summed E-state index contributed by atoms with van der Waals surface area (Å²) in [6.07, 6.45) is 2.53. The lowest BCUT2D eigenvalue weighted by Crippen LogP contribution is -2.44. The number of aromatic amines is 1. The van der Waals surface area contributed by atoms with Gasteiger partial charge in [0.1, 0.15) is 0 Å². The second-order valence-corrected chi connectivity index (χ2v) is 6.69. The number of aliphatic imine (C=N–C) groups is 1. The predicted molar refractivity (Wildman–Crippen MR) is 122 cm³/mol. The average molecular weight is 494 g/mol. The molecule has 0 saturated carbocycles. The molecule has 2 aromatic heterocycles. The van der Waals surface area contributed by atoms with E-state index in [1.165, 1.54) is 11.5 Å². The number of aromatic nitrogens is 2. The third-order valence-corrected chi connectivity index (χ3v) is 4.82. The lowest BCUT2D eigenvalue weighted by atomic mass is 10.2. The zero-order valence-electron chi connectivity index (χ0n) is 15.7. The van der Waals surface area contributed by atoms with Crippen LogP contribution in [0, 0.1) is 5.82 Å². The predicted octanol–water partition coefficient (Wildman–Crippen LogP) is 3.26. The Bertz CT molecular complexity index is 924. The highest BCUT2D eigenvalue weighted by Gasteiger charge is 2.25. The summed E-state index contributed by atoms with van der Waals surface area (Å²) in [7, 11) is 1.76. The van der Waals surface area contributed by atoms with E-state index in [1.807, 2.05) is 17.0 Å². The molecule has 1 aromatic carbocycles. The first-order chi connectivity index (χ1) is 13.2. The quantitative estimate of drug-likeness (QED) is 0.296. The van der Waals surface area contributed by atoms with Gasteiger partial charge in [-0.05, 0) is 36.1 Å². The Morgan fingerprint density at radius 1 is 1.32 bits per heavy atom. The number of fused-ring (bicyclic) bond motifs is 1. The van der Waals surface area contributed by atoms with Gasteiger partial charge in [-0.15, -0.1) is 24.0 Å². The highest BCUT2D eigenvalue weighted by molar-refractivity contribution is 14.0. The molecule has 3 heterocycles. The molecule has 0 aliphatic carbocycles. The van der Waals surface area contributed by atoms with Crippen molar-refractivity contribution in [1.29, 1.82) is 0 Å². The molecule has 0 bridgehead atoms. The number of halogens is 2. The van der Waals surface area contributed by atoms with Gasteiger partial charge >= 0.3 is 0 Å². The van der Waals surface area contributed by atoms with Crippen molar-refractivity contribution in [2.24, 2.45) is 4.99 Å². The molecule has 8 heteroatoms. The number of nitrogens with one attached hydrogen (secondary N) is 3. The molecule has 1 aliphatic rings.